The summed E-state index contributed by atoms with van der Waals surface area (Å²) in [5.74, 6) is -0.617. The third-order valence-electron chi connectivity index (χ3n) is 5.67. The molecule has 0 bridgehead atoms. The van der Waals surface area contributed by atoms with Crippen molar-refractivity contribution in [3.63, 3.8) is 0 Å². The Kier molecular flexibility index (Phi) is 7.01. The molecule has 1 aromatic rings. The van der Waals surface area contributed by atoms with Crippen molar-refractivity contribution in [1.82, 2.24) is 10.2 Å². The van der Waals surface area contributed by atoms with Crippen molar-refractivity contribution in [2.24, 2.45) is 10.7 Å². The Morgan fingerprint density at radius 1 is 1.19 bits per heavy atom. The lowest BCUT2D eigenvalue weighted by atomic mass is 9.78. The summed E-state index contributed by atoms with van der Waals surface area (Å²) in [6, 6.07) is 4.06. The van der Waals surface area contributed by atoms with Gasteiger partial charge in [0.15, 0.2) is 5.96 Å². The van der Waals surface area contributed by atoms with Crippen molar-refractivity contribution in [3.05, 3.63) is 35.4 Å². The number of aliphatic imine (C=N–C) groups is 1. The normalized spacial score (nSPS) is 20.7. The zero-order valence-corrected chi connectivity index (χ0v) is 15.9. The second-order valence-electron chi connectivity index (χ2n) is 7.52. The van der Waals surface area contributed by atoms with E-state index in [2.05, 4.69) is 15.2 Å². The van der Waals surface area contributed by atoms with Crippen molar-refractivity contribution in [1.29, 1.82) is 0 Å². The number of nitrogens with zero attached hydrogens (tertiary/aromatic N) is 2. The van der Waals surface area contributed by atoms with Crippen LogP contribution in [0.15, 0.2) is 23.2 Å². The first-order valence-electron chi connectivity index (χ1n) is 9.89. The SMILES string of the molecule is NC(=NCC1(c2c(F)cccc2F)CCCC1)NCCCN1CCOCC1. The van der Waals surface area contributed by atoms with E-state index in [4.69, 9.17) is 10.5 Å². The number of hydrogen-bond acceptors (Lipinski definition) is 3. The molecule has 1 aliphatic heterocycles. The van der Waals surface area contributed by atoms with Crippen LogP contribution in [0.4, 0.5) is 8.78 Å². The topological polar surface area (TPSA) is 62.9 Å². The van der Waals surface area contributed by atoms with E-state index in [-0.39, 0.29) is 5.56 Å². The molecule has 0 amide bonds. The fraction of sp³-hybridized carbons (Fsp3) is 0.650. The Labute approximate surface area is 160 Å². The number of ether oxygens (including phenoxy) is 1. The van der Waals surface area contributed by atoms with Gasteiger partial charge in [0, 0.05) is 30.6 Å². The zero-order chi connectivity index (χ0) is 19.1. The molecular formula is C20H30F2N4O. The van der Waals surface area contributed by atoms with Crippen molar-refractivity contribution in [2.75, 3.05) is 45.9 Å². The van der Waals surface area contributed by atoms with E-state index in [0.717, 1.165) is 71.5 Å². The van der Waals surface area contributed by atoms with Crippen LogP contribution in [0.2, 0.25) is 0 Å². The summed E-state index contributed by atoms with van der Waals surface area (Å²) in [6.45, 7) is 5.58. The van der Waals surface area contributed by atoms with E-state index < -0.39 is 17.0 Å². The maximum absolute atomic E-state index is 14.3. The molecule has 1 aliphatic carbocycles. The fourth-order valence-corrected chi connectivity index (χ4v) is 4.18. The van der Waals surface area contributed by atoms with Gasteiger partial charge in [0.05, 0.1) is 19.8 Å². The summed E-state index contributed by atoms with van der Waals surface area (Å²) in [4.78, 5) is 6.81. The van der Waals surface area contributed by atoms with Gasteiger partial charge in [0.2, 0.25) is 0 Å². The van der Waals surface area contributed by atoms with E-state index in [9.17, 15) is 8.78 Å². The van der Waals surface area contributed by atoms with Crippen molar-refractivity contribution >= 4 is 5.96 Å². The molecule has 1 aromatic carbocycles. The monoisotopic (exact) mass is 380 g/mol. The largest absolute Gasteiger partial charge is 0.379 e. The number of hydrogen-bond donors (Lipinski definition) is 2. The van der Waals surface area contributed by atoms with E-state index in [1.807, 2.05) is 0 Å². The molecular weight excluding hydrogens is 350 g/mol. The van der Waals surface area contributed by atoms with Crippen LogP contribution < -0.4 is 11.1 Å². The first kappa shape index (κ1) is 20.0. The maximum Gasteiger partial charge on any atom is 0.188 e. The Hall–Kier alpha value is -1.73. The molecule has 3 N–H and O–H groups in total. The molecule has 1 heterocycles. The van der Waals surface area contributed by atoms with Gasteiger partial charge in [-0.3, -0.25) is 9.89 Å². The van der Waals surface area contributed by atoms with Crippen molar-refractivity contribution in [3.8, 4) is 0 Å². The lowest BCUT2D eigenvalue weighted by molar-refractivity contribution is 0.0376. The van der Waals surface area contributed by atoms with Gasteiger partial charge in [-0.1, -0.05) is 18.9 Å². The Bertz CT molecular complexity index is 621. The van der Waals surface area contributed by atoms with Gasteiger partial charge >= 0.3 is 0 Å². The number of halogens is 2. The zero-order valence-electron chi connectivity index (χ0n) is 15.9. The Morgan fingerprint density at radius 3 is 2.52 bits per heavy atom. The predicted molar refractivity (Wildman–Crippen MR) is 103 cm³/mol. The summed E-state index contributed by atoms with van der Waals surface area (Å²) in [5, 5.41) is 3.13. The Balaban J connectivity index is 1.54. The number of nitrogens with one attached hydrogen (secondary N) is 1. The van der Waals surface area contributed by atoms with E-state index in [1.54, 1.807) is 0 Å². The molecule has 3 rings (SSSR count). The summed E-state index contributed by atoms with van der Waals surface area (Å²) in [7, 11) is 0. The molecule has 5 nitrogen and oxygen atoms in total. The molecule has 2 fully saturated rings. The van der Waals surface area contributed by atoms with Gasteiger partial charge in [0.1, 0.15) is 11.6 Å². The molecule has 0 unspecified atom stereocenters. The molecule has 0 aromatic heterocycles. The number of guanidine groups is 1. The molecule has 1 saturated carbocycles. The molecule has 0 radical (unpaired) electrons. The second kappa shape index (κ2) is 9.46. The summed E-state index contributed by atoms with van der Waals surface area (Å²) >= 11 is 0. The van der Waals surface area contributed by atoms with Crippen molar-refractivity contribution < 1.29 is 13.5 Å². The summed E-state index contributed by atoms with van der Waals surface area (Å²) in [6.07, 6.45) is 4.34. The quantitative estimate of drug-likeness (QED) is 0.433. The van der Waals surface area contributed by atoms with E-state index in [0.29, 0.717) is 12.5 Å². The fourth-order valence-electron chi connectivity index (χ4n) is 4.18. The van der Waals surface area contributed by atoms with Crippen LogP contribution >= 0.6 is 0 Å². The van der Waals surface area contributed by atoms with Crippen LogP contribution in [0, 0.1) is 11.6 Å². The molecule has 1 saturated heterocycles. The summed E-state index contributed by atoms with van der Waals surface area (Å²) in [5.41, 5.74) is 5.59. The number of rotatable bonds is 7. The highest BCUT2D eigenvalue weighted by atomic mass is 19.1. The van der Waals surface area contributed by atoms with E-state index >= 15 is 0 Å². The third-order valence-corrected chi connectivity index (χ3v) is 5.67. The lowest BCUT2D eigenvalue weighted by Crippen LogP contribution is -2.39. The van der Waals surface area contributed by atoms with Crippen LogP contribution in [-0.4, -0.2) is 56.8 Å². The minimum absolute atomic E-state index is 0.173. The maximum atomic E-state index is 14.3. The van der Waals surface area contributed by atoms with Crippen molar-refractivity contribution in [2.45, 2.75) is 37.5 Å². The highest BCUT2D eigenvalue weighted by molar-refractivity contribution is 5.77. The highest BCUT2D eigenvalue weighted by Crippen LogP contribution is 2.43. The van der Waals surface area contributed by atoms with Crippen LogP contribution in [0.5, 0.6) is 0 Å². The van der Waals surface area contributed by atoms with Gasteiger partial charge < -0.3 is 15.8 Å². The predicted octanol–water partition coefficient (Wildman–Crippen LogP) is 2.40. The average molecular weight is 380 g/mol. The average Bonchev–Trinajstić information content (AvgIpc) is 3.14. The first-order chi connectivity index (χ1) is 13.1. The molecule has 0 atom stereocenters. The third kappa shape index (κ3) is 5.17. The van der Waals surface area contributed by atoms with Crippen LogP contribution in [0.1, 0.15) is 37.7 Å². The minimum Gasteiger partial charge on any atom is -0.379 e. The van der Waals surface area contributed by atoms with Crippen LogP contribution in [-0.2, 0) is 10.2 Å². The lowest BCUT2D eigenvalue weighted by Gasteiger charge is -2.29. The van der Waals surface area contributed by atoms with Crippen LogP contribution in [0.3, 0.4) is 0 Å². The molecule has 150 valence electrons. The van der Waals surface area contributed by atoms with Gasteiger partial charge in [-0.2, -0.15) is 0 Å². The number of morpholine rings is 1. The van der Waals surface area contributed by atoms with Gasteiger partial charge in [0.25, 0.3) is 0 Å². The first-order valence-corrected chi connectivity index (χ1v) is 9.89. The summed E-state index contributed by atoms with van der Waals surface area (Å²) < 4.78 is 34.0. The van der Waals surface area contributed by atoms with Gasteiger partial charge in [-0.25, -0.2) is 8.78 Å². The molecule has 2 aliphatic rings. The molecule has 0 spiro atoms. The number of nitrogens with two attached hydrogens (primary N) is 1. The second-order valence-corrected chi connectivity index (χ2v) is 7.52. The smallest absolute Gasteiger partial charge is 0.188 e. The van der Waals surface area contributed by atoms with Gasteiger partial charge in [-0.05, 0) is 37.9 Å². The minimum atomic E-state index is -0.588. The van der Waals surface area contributed by atoms with E-state index in [1.165, 1.54) is 18.2 Å². The highest BCUT2D eigenvalue weighted by Gasteiger charge is 2.39. The molecule has 27 heavy (non-hydrogen) atoms. The Morgan fingerprint density at radius 2 is 1.85 bits per heavy atom. The standard InChI is InChI=1S/C20H30F2N4O/c21-16-5-3-6-17(22)18(16)20(7-1-2-8-20)15-25-19(23)24-9-4-10-26-11-13-27-14-12-26/h3,5-6H,1-2,4,7-15H2,(H3,23,24,25). The number of benzene rings is 1. The van der Waals surface area contributed by atoms with Crippen LogP contribution in [0.25, 0.3) is 0 Å². The molecule has 7 heteroatoms. The van der Waals surface area contributed by atoms with Gasteiger partial charge in [-0.15, -0.1) is 0 Å².